The quantitative estimate of drug-likeness (QED) is 0.680. The van der Waals surface area contributed by atoms with E-state index in [4.69, 9.17) is 4.74 Å². The highest BCUT2D eigenvalue weighted by molar-refractivity contribution is 9.10. The van der Waals surface area contributed by atoms with Crippen LogP contribution in [-0.2, 0) is 6.42 Å². The number of rotatable bonds is 4. The van der Waals surface area contributed by atoms with Crippen LogP contribution in [0.15, 0.2) is 50.8 Å². The van der Waals surface area contributed by atoms with Crippen LogP contribution in [0.1, 0.15) is 18.3 Å². The lowest BCUT2D eigenvalue weighted by molar-refractivity contribution is 0.411. The molecule has 0 saturated heterocycles. The number of benzene rings is 2. The SMILES string of the molecule is CCc1nc2ccccc2c(=O)n1/N=C/c1cc(OC)cc(Br)c1O. The average molecular weight is 402 g/mol. The van der Waals surface area contributed by atoms with E-state index in [-0.39, 0.29) is 11.3 Å². The number of methoxy groups -OCH3 is 1. The Balaban J connectivity index is 2.15. The Labute approximate surface area is 152 Å². The Hall–Kier alpha value is -2.67. The number of aryl methyl sites for hydroxylation is 1. The number of hydrogen-bond donors (Lipinski definition) is 1. The van der Waals surface area contributed by atoms with Gasteiger partial charge in [-0.2, -0.15) is 9.78 Å². The van der Waals surface area contributed by atoms with Gasteiger partial charge in [-0.15, -0.1) is 0 Å². The number of aromatic hydroxyl groups is 1. The van der Waals surface area contributed by atoms with Crippen molar-refractivity contribution in [3.8, 4) is 11.5 Å². The van der Waals surface area contributed by atoms with E-state index in [1.165, 1.54) is 18.0 Å². The third kappa shape index (κ3) is 3.28. The van der Waals surface area contributed by atoms with Gasteiger partial charge in [0.25, 0.3) is 5.56 Å². The number of para-hydroxylation sites is 1. The van der Waals surface area contributed by atoms with Crippen LogP contribution in [0.3, 0.4) is 0 Å². The first kappa shape index (κ1) is 17.2. The second kappa shape index (κ2) is 7.06. The van der Waals surface area contributed by atoms with Crippen molar-refractivity contribution in [2.75, 3.05) is 7.11 Å². The van der Waals surface area contributed by atoms with Crippen molar-refractivity contribution in [2.45, 2.75) is 13.3 Å². The highest BCUT2D eigenvalue weighted by Gasteiger charge is 2.10. The lowest BCUT2D eigenvalue weighted by Gasteiger charge is -2.08. The van der Waals surface area contributed by atoms with Gasteiger partial charge in [0.2, 0.25) is 0 Å². The zero-order chi connectivity index (χ0) is 18.0. The fraction of sp³-hybridized carbons (Fsp3) is 0.167. The van der Waals surface area contributed by atoms with Gasteiger partial charge in [-0.1, -0.05) is 19.1 Å². The monoisotopic (exact) mass is 401 g/mol. The van der Waals surface area contributed by atoms with E-state index in [2.05, 4.69) is 26.0 Å². The van der Waals surface area contributed by atoms with E-state index in [9.17, 15) is 9.90 Å². The van der Waals surface area contributed by atoms with Gasteiger partial charge in [-0.3, -0.25) is 4.79 Å². The van der Waals surface area contributed by atoms with Gasteiger partial charge >= 0.3 is 0 Å². The summed E-state index contributed by atoms with van der Waals surface area (Å²) >= 11 is 3.27. The Bertz CT molecular complexity index is 1030. The summed E-state index contributed by atoms with van der Waals surface area (Å²) in [7, 11) is 1.53. The molecule has 128 valence electrons. The molecule has 0 atom stereocenters. The molecule has 0 spiro atoms. The van der Waals surface area contributed by atoms with Crippen LogP contribution < -0.4 is 10.3 Å². The molecule has 25 heavy (non-hydrogen) atoms. The Morgan fingerprint density at radius 2 is 2.12 bits per heavy atom. The van der Waals surface area contributed by atoms with Gasteiger partial charge in [-0.25, -0.2) is 4.98 Å². The zero-order valence-electron chi connectivity index (χ0n) is 13.7. The molecule has 0 amide bonds. The summed E-state index contributed by atoms with van der Waals surface area (Å²) in [5.41, 5.74) is 0.816. The molecule has 0 saturated carbocycles. The minimum Gasteiger partial charge on any atom is -0.506 e. The summed E-state index contributed by atoms with van der Waals surface area (Å²) in [5, 5.41) is 14.9. The molecule has 1 heterocycles. The molecule has 0 fully saturated rings. The van der Waals surface area contributed by atoms with Crippen LogP contribution in [-0.4, -0.2) is 28.1 Å². The van der Waals surface area contributed by atoms with Crippen LogP contribution in [0, 0.1) is 0 Å². The van der Waals surface area contributed by atoms with Gasteiger partial charge in [0.15, 0.2) is 0 Å². The first-order valence-electron chi connectivity index (χ1n) is 7.66. The lowest BCUT2D eigenvalue weighted by atomic mass is 10.2. The highest BCUT2D eigenvalue weighted by Crippen LogP contribution is 2.31. The molecular formula is C18H16BrN3O3. The van der Waals surface area contributed by atoms with Crippen molar-refractivity contribution in [3.05, 3.63) is 62.6 Å². The molecule has 0 unspecified atom stereocenters. The third-order valence-corrected chi connectivity index (χ3v) is 4.36. The van der Waals surface area contributed by atoms with Gasteiger partial charge in [-0.05, 0) is 40.2 Å². The molecule has 3 rings (SSSR count). The number of aromatic nitrogens is 2. The molecule has 0 aliphatic carbocycles. The average Bonchev–Trinajstić information content (AvgIpc) is 2.63. The fourth-order valence-corrected chi connectivity index (χ4v) is 2.90. The van der Waals surface area contributed by atoms with Crippen molar-refractivity contribution in [3.63, 3.8) is 0 Å². The normalized spacial score (nSPS) is 11.3. The molecule has 0 aliphatic heterocycles. The van der Waals surface area contributed by atoms with Gasteiger partial charge < -0.3 is 9.84 Å². The van der Waals surface area contributed by atoms with E-state index in [1.54, 1.807) is 30.3 Å². The van der Waals surface area contributed by atoms with Crippen LogP contribution >= 0.6 is 15.9 Å². The Morgan fingerprint density at radius 1 is 1.36 bits per heavy atom. The second-order valence-corrected chi connectivity index (χ2v) is 6.16. The minimum absolute atomic E-state index is 0.0180. The van der Waals surface area contributed by atoms with Crippen molar-refractivity contribution < 1.29 is 9.84 Å². The minimum atomic E-state index is -0.250. The molecule has 3 aromatic rings. The van der Waals surface area contributed by atoms with Crippen LogP contribution in [0.4, 0.5) is 0 Å². The molecule has 0 aliphatic rings. The van der Waals surface area contributed by atoms with Crippen LogP contribution in [0.5, 0.6) is 11.5 Å². The topological polar surface area (TPSA) is 76.7 Å². The predicted octanol–water partition coefficient (Wildman–Crippen LogP) is 3.32. The Kier molecular flexibility index (Phi) is 4.85. The number of phenolic OH excluding ortho intramolecular Hbond substituents is 1. The summed E-state index contributed by atoms with van der Waals surface area (Å²) in [6.07, 6.45) is 1.96. The van der Waals surface area contributed by atoms with Gasteiger partial charge in [0.1, 0.15) is 17.3 Å². The van der Waals surface area contributed by atoms with Crippen molar-refractivity contribution in [1.82, 2.24) is 9.66 Å². The van der Waals surface area contributed by atoms with Crippen molar-refractivity contribution >= 4 is 33.0 Å². The Morgan fingerprint density at radius 3 is 2.84 bits per heavy atom. The number of hydrogen-bond acceptors (Lipinski definition) is 5. The molecule has 2 aromatic carbocycles. The maximum atomic E-state index is 12.7. The maximum absolute atomic E-state index is 12.7. The molecule has 1 aromatic heterocycles. The summed E-state index contributed by atoms with van der Waals surface area (Å²) in [4.78, 5) is 17.2. The molecule has 0 bridgehead atoms. The highest BCUT2D eigenvalue weighted by atomic mass is 79.9. The lowest BCUT2D eigenvalue weighted by Crippen LogP contribution is -2.22. The van der Waals surface area contributed by atoms with E-state index in [0.29, 0.717) is 38.9 Å². The molecule has 7 heteroatoms. The maximum Gasteiger partial charge on any atom is 0.282 e. The number of nitrogens with zero attached hydrogens (tertiary/aromatic N) is 3. The van der Waals surface area contributed by atoms with E-state index >= 15 is 0 Å². The van der Waals surface area contributed by atoms with Crippen LogP contribution in [0.2, 0.25) is 0 Å². The fourth-order valence-electron chi connectivity index (χ4n) is 2.45. The van der Waals surface area contributed by atoms with Crippen LogP contribution in [0.25, 0.3) is 10.9 Å². The van der Waals surface area contributed by atoms with Gasteiger partial charge in [0.05, 0.1) is 28.7 Å². The zero-order valence-corrected chi connectivity index (χ0v) is 15.3. The van der Waals surface area contributed by atoms with Gasteiger partial charge in [0, 0.05) is 12.0 Å². The largest absolute Gasteiger partial charge is 0.506 e. The first-order valence-corrected chi connectivity index (χ1v) is 8.46. The summed E-state index contributed by atoms with van der Waals surface area (Å²) < 4.78 is 6.92. The standard InChI is InChI=1S/C18H16BrN3O3/c1-3-16-21-15-7-5-4-6-13(15)18(24)22(16)20-10-11-8-12(25-2)9-14(19)17(11)23/h4-10,23H,3H2,1-2H3/b20-10+. The van der Waals surface area contributed by atoms with Crippen molar-refractivity contribution in [1.29, 1.82) is 0 Å². The third-order valence-electron chi connectivity index (χ3n) is 3.75. The summed E-state index contributed by atoms with van der Waals surface area (Å²) in [6, 6.07) is 10.4. The van der Waals surface area contributed by atoms with E-state index < -0.39 is 0 Å². The van der Waals surface area contributed by atoms with Crippen molar-refractivity contribution in [2.24, 2.45) is 5.10 Å². The second-order valence-electron chi connectivity index (χ2n) is 5.31. The number of phenols is 1. The molecular weight excluding hydrogens is 386 g/mol. The number of ether oxygens (including phenoxy) is 1. The molecule has 1 N–H and O–H groups in total. The molecule has 6 nitrogen and oxygen atoms in total. The summed E-state index contributed by atoms with van der Waals surface area (Å²) in [6.45, 7) is 1.90. The first-order chi connectivity index (χ1) is 12.0. The predicted molar refractivity (Wildman–Crippen MR) is 101 cm³/mol. The summed E-state index contributed by atoms with van der Waals surface area (Å²) in [5.74, 6) is 1.12. The number of fused-ring (bicyclic) bond motifs is 1. The van der Waals surface area contributed by atoms with E-state index in [1.807, 2.05) is 13.0 Å². The smallest absolute Gasteiger partial charge is 0.282 e. The molecule has 0 radical (unpaired) electrons. The number of halogens is 1. The van der Waals surface area contributed by atoms with E-state index in [0.717, 1.165) is 0 Å².